The largest absolute Gasteiger partial charge is 0.271 e. The van der Waals surface area contributed by atoms with Gasteiger partial charge < -0.3 is 0 Å². The molecule has 0 radical (unpaired) electrons. The summed E-state index contributed by atoms with van der Waals surface area (Å²) in [4.78, 5) is 0. The highest BCUT2D eigenvalue weighted by Gasteiger charge is 2.22. The fourth-order valence-corrected chi connectivity index (χ4v) is 2.80. The first-order valence-corrected chi connectivity index (χ1v) is 5.07. The molecule has 0 aromatic heterocycles. The van der Waals surface area contributed by atoms with Crippen molar-refractivity contribution in [3.63, 3.8) is 0 Å². The molecule has 2 nitrogen and oxygen atoms in total. The fourth-order valence-electron chi connectivity index (χ4n) is 1.46. The van der Waals surface area contributed by atoms with E-state index >= 15 is 0 Å². The van der Waals surface area contributed by atoms with Gasteiger partial charge in [0.25, 0.3) is 0 Å². The molecule has 1 fully saturated rings. The van der Waals surface area contributed by atoms with Crippen LogP contribution in [0.3, 0.4) is 0 Å². The molecule has 0 aromatic rings. The van der Waals surface area contributed by atoms with Gasteiger partial charge >= 0.3 is 0 Å². The average molecular weight is 160 g/mol. The molecule has 3 heteroatoms. The zero-order valence-corrected chi connectivity index (χ0v) is 7.29. The van der Waals surface area contributed by atoms with Gasteiger partial charge in [-0.3, -0.25) is 11.3 Å². The Bertz CT molecular complexity index is 87.6. The minimum atomic E-state index is 0.551. The van der Waals surface area contributed by atoms with E-state index in [1.807, 2.05) is 11.8 Å². The van der Waals surface area contributed by atoms with E-state index in [1.54, 1.807) is 0 Å². The summed E-state index contributed by atoms with van der Waals surface area (Å²) in [5, 5.41) is 0. The SMILES string of the molecule is CCC(NN)C1CCSC1. The summed E-state index contributed by atoms with van der Waals surface area (Å²) in [7, 11) is 0. The van der Waals surface area contributed by atoms with Crippen molar-refractivity contribution in [2.75, 3.05) is 11.5 Å². The van der Waals surface area contributed by atoms with Gasteiger partial charge in [0.15, 0.2) is 0 Å². The number of nitrogens with one attached hydrogen (secondary N) is 1. The molecule has 0 amide bonds. The van der Waals surface area contributed by atoms with Crippen LogP contribution in [0.15, 0.2) is 0 Å². The minimum Gasteiger partial charge on any atom is -0.271 e. The van der Waals surface area contributed by atoms with Crippen LogP contribution in [0.25, 0.3) is 0 Å². The maximum absolute atomic E-state index is 5.40. The van der Waals surface area contributed by atoms with Crippen molar-refractivity contribution >= 4 is 11.8 Å². The Hall–Kier alpha value is 0.270. The van der Waals surface area contributed by atoms with Crippen LogP contribution in [-0.2, 0) is 0 Å². The van der Waals surface area contributed by atoms with Crippen molar-refractivity contribution in [2.24, 2.45) is 11.8 Å². The summed E-state index contributed by atoms with van der Waals surface area (Å²) in [6.45, 7) is 2.19. The molecule has 0 aromatic carbocycles. The highest BCUT2D eigenvalue weighted by atomic mass is 32.2. The highest BCUT2D eigenvalue weighted by molar-refractivity contribution is 7.99. The molecule has 60 valence electrons. The Balaban J connectivity index is 2.29. The zero-order chi connectivity index (χ0) is 7.40. The third kappa shape index (κ3) is 1.87. The second-order valence-electron chi connectivity index (χ2n) is 2.81. The van der Waals surface area contributed by atoms with E-state index in [-0.39, 0.29) is 0 Å². The summed E-state index contributed by atoms with van der Waals surface area (Å²) in [6, 6.07) is 0.551. The van der Waals surface area contributed by atoms with Gasteiger partial charge in [0.2, 0.25) is 0 Å². The summed E-state index contributed by atoms with van der Waals surface area (Å²) in [6.07, 6.45) is 2.50. The van der Waals surface area contributed by atoms with Gasteiger partial charge in [-0.05, 0) is 30.3 Å². The molecule has 1 aliphatic heterocycles. The lowest BCUT2D eigenvalue weighted by Crippen LogP contribution is -2.40. The molecule has 1 heterocycles. The highest BCUT2D eigenvalue weighted by Crippen LogP contribution is 2.26. The third-order valence-electron chi connectivity index (χ3n) is 2.19. The Morgan fingerprint density at radius 1 is 1.80 bits per heavy atom. The van der Waals surface area contributed by atoms with Crippen molar-refractivity contribution in [1.82, 2.24) is 5.43 Å². The van der Waals surface area contributed by atoms with Crippen LogP contribution >= 0.6 is 11.8 Å². The van der Waals surface area contributed by atoms with E-state index < -0.39 is 0 Å². The average Bonchev–Trinajstić information content (AvgIpc) is 2.43. The topological polar surface area (TPSA) is 38.0 Å². The molecule has 0 aliphatic carbocycles. The Morgan fingerprint density at radius 3 is 3.00 bits per heavy atom. The normalized spacial score (nSPS) is 28.8. The number of nitrogens with two attached hydrogens (primary N) is 1. The van der Waals surface area contributed by atoms with Crippen molar-refractivity contribution in [3.8, 4) is 0 Å². The second kappa shape index (κ2) is 4.21. The van der Waals surface area contributed by atoms with Crippen molar-refractivity contribution in [3.05, 3.63) is 0 Å². The van der Waals surface area contributed by atoms with Crippen molar-refractivity contribution in [2.45, 2.75) is 25.8 Å². The second-order valence-corrected chi connectivity index (χ2v) is 3.95. The van der Waals surface area contributed by atoms with Gasteiger partial charge in [0.05, 0.1) is 0 Å². The third-order valence-corrected chi connectivity index (χ3v) is 3.38. The summed E-state index contributed by atoms with van der Waals surface area (Å²) in [5.41, 5.74) is 2.88. The van der Waals surface area contributed by atoms with Gasteiger partial charge in [-0.2, -0.15) is 11.8 Å². The first-order chi connectivity index (χ1) is 4.88. The molecule has 0 saturated carbocycles. The lowest BCUT2D eigenvalue weighted by Gasteiger charge is -2.19. The predicted molar refractivity (Wildman–Crippen MR) is 46.8 cm³/mol. The number of hydrogen-bond acceptors (Lipinski definition) is 3. The Kier molecular flexibility index (Phi) is 3.52. The summed E-state index contributed by atoms with van der Waals surface area (Å²) >= 11 is 2.05. The van der Waals surface area contributed by atoms with Crippen LogP contribution in [0.4, 0.5) is 0 Å². The van der Waals surface area contributed by atoms with Crippen LogP contribution in [0, 0.1) is 5.92 Å². The number of hydrogen-bond donors (Lipinski definition) is 2. The first kappa shape index (κ1) is 8.37. The van der Waals surface area contributed by atoms with Gasteiger partial charge in [-0.25, -0.2) is 0 Å². The predicted octanol–water partition coefficient (Wildman–Crippen LogP) is 0.981. The van der Waals surface area contributed by atoms with E-state index in [4.69, 9.17) is 5.84 Å². The van der Waals surface area contributed by atoms with E-state index in [1.165, 1.54) is 17.9 Å². The molecule has 10 heavy (non-hydrogen) atoms. The summed E-state index contributed by atoms with van der Waals surface area (Å²) in [5.74, 6) is 8.84. The smallest absolute Gasteiger partial charge is 0.0244 e. The molecular formula is C7H16N2S. The monoisotopic (exact) mass is 160 g/mol. The minimum absolute atomic E-state index is 0.551. The van der Waals surface area contributed by atoms with Crippen molar-refractivity contribution < 1.29 is 0 Å². The molecule has 0 bridgehead atoms. The van der Waals surface area contributed by atoms with Gasteiger partial charge in [-0.15, -0.1) is 0 Å². The lowest BCUT2D eigenvalue weighted by molar-refractivity contribution is 0.379. The Morgan fingerprint density at radius 2 is 2.60 bits per heavy atom. The molecule has 3 N–H and O–H groups in total. The molecular weight excluding hydrogens is 144 g/mol. The quantitative estimate of drug-likeness (QED) is 0.477. The van der Waals surface area contributed by atoms with Crippen LogP contribution in [0.2, 0.25) is 0 Å². The molecule has 1 saturated heterocycles. The van der Waals surface area contributed by atoms with E-state index in [0.29, 0.717) is 6.04 Å². The van der Waals surface area contributed by atoms with Crippen LogP contribution in [0.5, 0.6) is 0 Å². The lowest BCUT2D eigenvalue weighted by atomic mass is 9.98. The van der Waals surface area contributed by atoms with Crippen LogP contribution in [-0.4, -0.2) is 17.5 Å². The van der Waals surface area contributed by atoms with E-state index in [9.17, 15) is 0 Å². The first-order valence-electron chi connectivity index (χ1n) is 3.92. The summed E-state index contributed by atoms with van der Waals surface area (Å²) < 4.78 is 0. The van der Waals surface area contributed by atoms with Crippen LogP contribution in [0.1, 0.15) is 19.8 Å². The molecule has 1 aliphatic rings. The molecule has 1 rings (SSSR count). The fraction of sp³-hybridized carbons (Fsp3) is 1.00. The standard InChI is InChI=1S/C7H16N2S/c1-2-7(9-8)6-3-4-10-5-6/h6-7,9H,2-5,8H2,1H3. The maximum Gasteiger partial charge on any atom is 0.0244 e. The van der Waals surface area contributed by atoms with Gasteiger partial charge in [-0.1, -0.05) is 6.92 Å². The van der Waals surface area contributed by atoms with Gasteiger partial charge in [0, 0.05) is 6.04 Å². The number of hydrazine groups is 1. The van der Waals surface area contributed by atoms with Gasteiger partial charge in [0.1, 0.15) is 0 Å². The molecule has 2 unspecified atom stereocenters. The van der Waals surface area contributed by atoms with E-state index in [2.05, 4.69) is 12.3 Å². The molecule has 0 spiro atoms. The van der Waals surface area contributed by atoms with Crippen molar-refractivity contribution in [1.29, 1.82) is 0 Å². The zero-order valence-electron chi connectivity index (χ0n) is 6.47. The van der Waals surface area contributed by atoms with E-state index in [0.717, 1.165) is 12.3 Å². The maximum atomic E-state index is 5.40. The number of thioether (sulfide) groups is 1. The van der Waals surface area contributed by atoms with Crippen LogP contribution < -0.4 is 11.3 Å². The Labute approximate surface area is 66.9 Å². The number of rotatable bonds is 3. The molecule has 2 atom stereocenters.